The van der Waals surface area contributed by atoms with Crippen LogP contribution in [0.4, 0.5) is 5.82 Å². The van der Waals surface area contributed by atoms with Crippen LogP contribution in [0.25, 0.3) is 20.4 Å². The Hall–Kier alpha value is -1.44. The van der Waals surface area contributed by atoms with Gasteiger partial charge in [0.25, 0.3) is 0 Å². The molecule has 0 spiro atoms. The zero-order valence-electron chi connectivity index (χ0n) is 18.7. The monoisotopic (exact) mass is 443 g/mol. The quantitative estimate of drug-likeness (QED) is 0.328. The first-order chi connectivity index (χ1) is 14.7. The molecule has 0 aliphatic heterocycles. The van der Waals surface area contributed by atoms with Gasteiger partial charge in [0, 0.05) is 24.2 Å². The zero-order valence-corrected chi connectivity index (χ0v) is 20.3. The number of nitrogens with zero attached hydrogens (tertiary/aromatic N) is 4. The molecule has 5 nitrogen and oxygen atoms in total. The van der Waals surface area contributed by atoms with Gasteiger partial charge in [0.1, 0.15) is 10.6 Å². The lowest BCUT2D eigenvalue weighted by molar-refractivity contribution is 0.316. The van der Waals surface area contributed by atoms with E-state index in [1.165, 1.54) is 47.9 Å². The van der Waals surface area contributed by atoms with E-state index in [-0.39, 0.29) is 0 Å². The summed E-state index contributed by atoms with van der Waals surface area (Å²) in [6.07, 6.45) is 9.14. The summed E-state index contributed by atoms with van der Waals surface area (Å²) in [5.74, 6) is 0.973. The molecular weight excluding hydrogens is 410 g/mol. The molecule has 0 fully saturated rings. The minimum absolute atomic E-state index is 0.842. The number of likely N-dealkylation sites (N-methyl/N-ethyl adjacent to an activating group) is 1. The second-order valence-electron chi connectivity index (χ2n) is 7.95. The molecule has 0 amide bonds. The maximum atomic E-state index is 5.16. The third kappa shape index (κ3) is 4.16. The molecule has 0 saturated heterocycles. The number of thiophene rings is 1. The molecule has 0 atom stereocenters. The number of unbranched alkanes of at least 4 members (excludes halogenated alkanes) is 1. The van der Waals surface area contributed by atoms with E-state index in [1.807, 2.05) is 0 Å². The van der Waals surface area contributed by atoms with Crippen molar-refractivity contribution in [3.8, 4) is 0 Å². The summed E-state index contributed by atoms with van der Waals surface area (Å²) in [4.78, 5) is 18.5. The summed E-state index contributed by atoms with van der Waals surface area (Å²) in [5, 5.41) is 5.76. The molecule has 0 saturated carbocycles. The number of hydrogen-bond donors (Lipinski definition) is 1. The highest BCUT2D eigenvalue weighted by molar-refractivity contribution is 7.98. The van der Waals surface area contributed by atoms with Crippen LogP contribution in [0.2, 0.25) is 0 Å². The Morgan fingerprint density at radius 3 is 2.60 bits per heavy atom. The van der Waals surface area contributed by atoms with Crippen LogP contribution < -0.4 is 5.32 Å². The highest BCUT2D eigenvalue weighted by atomic mass is 32.2. The fourth-order valence-electron chi connectivity index (χ4n) is 4.46. The maximum Gasteiger partial charge on any atom is 0.189 e. The van der Waals surface area contributed by atoms with Crippen molar-refractivity contribution >= 4 is 49.3 Å². The Morgan fingerprint density at radius 1 is 1.07 bits per heavy atom. The molecule has 0 radical (unpaired) electrons. The number of fused-ring (bicyclic) bond motifs is 5. The average Bonchev–Trinajstić information content (AvgIpc) is 3.39. The fourth-order valence-corrected chi connectivity index (χ4v) is 5.95. The Kier molecular flexibility index (Phi) is 7.11. The Labute approximate surface area is 188 Å². The van der Waals surface area contributed by atoms with E-state index < -0.39 is 0 Å². The van der Waals surface area contributed by atoms with Crippen molar-refractivity contribution in [2.75, 3.05) is 37.8 Å². The topological polar surface area (TPSA) is 53.9 Å². The molecule has 7 heteroatoms. The SMILES string of the molecule is CCCCc1nc2sc3c(NCCN(CC)CC)nc(SC)nc3c2c2c1CCC2. The van der Waals surface area contributed by atoms with Gasteiger partial charge in [-0.15, -0.1) is 11.3 Å². The summed E-state index contributed by atoms with van der Waals surface area (Å²) in [6, 6.07) is 0. The second kappa shape index (κ2) is 9.79. The molecule has 30 heavy (non-hydrogen) atoms. The molecule has 0 unspecified atom stereocenters. The van der Waals surface area contributed by atoms with Gasteiger partial charge in [-0.25, -0.2) is 15.0 Å². The number of hydrogen-bond acceptors (Lipinski definition) is 7. The molecular formula is C23H33N5S2. The number of aromatic nitrogens is 3. The molecule has 4 rings (SSSR count). The van der Waals surface area contributed by atoms with Crippen LogP contribution in [0.15, 0.2) is 5.16 Å². The van der Waals surface area contributed by atoms with Crippen molar-refractivity contribution < 1.29 is 0 Å². The van der Waals surface area contributed by atoms with Crippen molar-refractivity contribution in [2.24, 2.45) is 0 Å². The molecule has 3 aromatic rings. The first-order valence-corrected chi connectivity index (χ1v) is 13.4. The van der Waals surface area contributed by atoms with Gasteiger partial charge in [-0.1, -0.05) is 39.0 Å². The first kappa shape index (κ1) is 21.8. The van der Waals surface area contributed by atoms with Crippen LogP contribution in [0.5, 0.6) is 0 Å². The molecule has 162 valence electrons. The molecule has 3 heterocycles. The lowest BCUT2D eigenvalue weighted by Gasteiger charge is -2.18. The summed E-state index contributed by atoms with van der Waals surface area (Å²) in [6.45, 7) is 10.8. The lowest BCUT2D eigenvalue weighted by atomic mass is 10.0. The molecule has 3 aromatic heterocycles. The number of anilines is 1. The van der Waals surface area contributed by atoms with Crippen LogP contribution in [-0.2, 0) is 19.3 Å². The van der Waals surface area contributed by atoms with E-state index >= 15 is 0 Å². The van der Waals surface area contributed by atoms with E-state index in [1.54, 1.807) is 23.1 Å². The molecule has 0 bridgehead atoms. The minimum atomic E-state index is 0.842. The van der Waals surface area contributed by atoms with Gasteiger partial charge in [0.2, 0.25) is 0 Å². The predicted molar refractivity (Wildman–Crippen MR) is 131 cm³/mol. The number of nitrogens with one attached hydrogen (secondary N) is 1. The number of thioether (sulfide) groups is 1. The predicted octanol–water partition coefficient (Wildman–Crippen LogP) is 5.55. The first-order valence-electron chi connectivity index (χ1n) is 11.3. The van der Waals surface area contributed by atoms with Gasteiger partial charge < -0.3 is 10.2 Å². The van der Waals surface area contributed by atoms with Gasteiger partial charge in [-0.05, 0) is 62.6 Å². The van der Waals surface area contributed by atoms with Crippen molar-refractivity contribution in [1.29, 1.82) is 0 Å². The lowest BCUT2D eigenvalue weighted by Crippen LogP contribution is -2.28. The van der Waals surface area contributed by atoms with Crippen molar-refractivity contribution in [3.63, 3.8) is 0 Å². The summed E-state index contributed by atoms with van der Waals surface area (Å²) >= 11 is 3.39. The molecule has 0 aromatic carbocycles. The van der Waals surface area contributed by atoms with Crippen LogP contribution in [-0.4, -0.2) is 52.3 Å². The summed E-state index contributed by atoms with van der Waals surface area (Å²) in [5.41, 5.74) is 5.46. The number of rotatable bonds is 10. The van der Waals surface area contributed by atoms with Crippen molar-refractivity contribution in [2.45, 2.75) is 64.5 Å². The van der Waals surface area contributed by atoms with Gasteiger partial charge >= 0.3 is 0 Å². The standard InChI is InChI=1S/C23H33N5S2/c1-5-8-12-17-15-10-9-11-16(15)18-19-20(30-22(18)25-17)21(27-23(26-19)29-4)24-13-14-28(6-2)7-3/h5-14H2,1-4H3,(H,24,26,27). The normalized spacial score (nSPS) is 13.6. The Bertz CT molecular complexity index is 1030. The fraction of sp³-hybridized carbons (Fsp3) is 0.609. The Balaban J connectivity index is 1.79. The van der Waals surface area contributed by atoms with E-state index in [0.29, 0.717) is 0 Å². The zero-order chi connectivity index (χ0) is 21.1. The van der Waals surface area contributed by atoms with Crippen LogP contribution in [0, 0.1) is 0 Å². The Morgan fingerprint density at radius 2 is 1.87 bits per heavy atom. The second-order valence-corrected chi connectivity index (χ2v) is 9.72. The highest BCUT2D eigenvalue weighted by Gasteiger charge is 2.24. The van der Waals surface area contributed by atoms with E-state index in [0.717, 1.165) is 65.0 Å². The molecule has 1 aliphatic carbocycles. The summed E-state index contributed by atoms with van der Waals surface area (Å²) < 4.78 is 1.16. The smallest absolute Gasteiger partial charge is 0.189 e. The maximum absolute atomic E-state index is 5.16. The van der Waals surface area contributed by atoms with Crippen molar-refractivity contribution in [3.05, 3.63) is 16.8 Å². The minimum Gasteiger partial charge on any atom is -0.367 e. The highest BCUT2D eigenvalue weighted by Crippen LogP contribution is 2.42. The van der Waals surface area contributed by atoms with Crippen LogP contribution in [0.3, 0.4) is 0 Å². The van der Waals surface area contributed by atoms with E-state index in [4.69, 9.17) is 15.0 Å². The molecule has 1 aliphatic rings. The van der Waals surface area contributed by atoms with E-state index in [2.05, 4.69) is 37.2 Å². The average molecular weight is 444 g/mol. The van der Waals surface area contributed by atoms with Gasteiger partial charge in [-0.3, -0.25) is 0 Å². The largest absolute Gasteiger partial charge is 0.367 e. The number of pyridine rings is 1. The van der Waals surface area contributed by atoms with E-state index in [9.17, 15) is 0 Å². The third-order valence-corrected chi connectivity index (χ3v) is 7.79. The third-order valence-electron chi connectivity index (χ3n) is 6.16. The van der Waals surface area contributed by atoms with Gasteiger partial charge in [0.05, 0.1) is 10.2 Å². The van der Waals surface area contributed by atoms with Crippen LogP contribution >= 0.6 is 23.1 Å². The van der Waals surface area contributed by atoms with Gasteiger partial charge in [-0.2, -0.15) is 0 Å². The summed E-state index contributed by atoms with van der Waals surface area (Å²) in [7, 11) is 0. The molecule has 1 N–H and O–H groups in total. The van der Waals surface area contributed by atoms with Crippen molar-refractivity contribution in [1.82, 2.24) is 19.9 Å². The van der Waals surface area contributed by atoms with Gasteiger partial charge in [0.15, 0.2) is 5.16 Å². The number of aryl methyl sites for hydroxylation is 2. The van der Waals surface area contributed by atoms with Crippen LogP contribution in [0.1, 0.15) is 56.9 Å².